The number of aliphatic carboxylic acids is 1. The fourth-order valence-corrected chi connectivity index (χ4v) is 0.951. The standard InChI is InChI=1S/C7H11F3O3/c1-6(13-2,3-5(11)12)4-7(8,9)10/h3-4H2,1-2H3,(H,11,12). The first-order chi connectivity index (χ1) is 5.68. The van der Waals surface area contributed by atoms with Crippen LogP contribution >= 0.6 is 0 Å². The Labute approximate surface area is 73.5 Å². The Hall–Kier alpha value is -0.780. The summed E-state index contributed by atoms with van der Waals surface area (Å²) in [7, 11) is 1.06. The average molecular weight is 200 g/mol. The third-order valence-electron chi connectivity index (χ3n) is 1.59. The lowest BCUT2D eigenvalue weighted by atomic mass is 9.97. The Morgan fingerprint density at radius 1 is 1.46 bits per heavy atom. The molecule has 1 atom stereocenters. The molecule has 0 spiro atoms. The van der Waals surface area contributed by atoms with Crippen molar-refractivity contribution in [2.45, 2.75) is 31.5 Å². The molecular weight excluding hydrogens is 189 g/mol. The quantitative estimate of drug-likeness (QED) is 0.752. The number of carboxylic acid groups (broad SMARTS) is 1. The zero-order chi connectivity index (χ0) is 10.7. The van der Waals surface area contributed by atoms with Gasteiger partial charge in [-0.15, -0.1) is 0 Å². The summed E-state index contributed by atoms with van der Waals surface area (Å²) in [6.07, 6.45) is -6.34. The zero-order valence-electron chi connectivity index (χ0n) is 7.31. The molecule has 0 bridgehead atoms. The van der Waals surface area contributed by atoms with Gasteiger partial charge in [-0.25, -0.2) is 0 Å². The van der Waals surface area contributed by atoms with Crippen molar-refractivity contribution in [1.82, 2.24) is 0 Å². The van der Waals surface area contributed by atoms with Gasteiger partial charge in [-0.3, -0.25) is 4.79 Å². The van der Waals surface area contributed by atoms with Gasteiger partial charge in [0.25, 0.3) is 0 Å². The van der Waals surface area contributed by atoms with Gasteiger partial charge in [0.05, 0.1) is 18.4 Å². The third-order valence-corrected chi connectivity index (χ3v) is 1.59. The van der Waals surface area contributed by atoms with Gasteiger partial charge in [-0.2, -0.15) is 13.2 Å². The highest BCUT2D eigenvalue weighted by Gasteiger charge is 2.40. The van der Waals surface area contributed by atoms with E-state index in [-0.39, 0.29) is 0 Å². The predicted molar refractivity (Wildman–Crippen MR) is 38.3 cm³/mol. The van der Waals surface area contributed by atoms with Gasteiger partial charge in [0.2, 0.25) is 0 Å². The first-order valence-electron chi connectivity index (χ1n) is 3.52. The van der Waals surface area contributed by atoms with Crippen molar-refractivity contribution in [3.05, 3.63) is 0 Å². The molecule has 1 unspecified atom stereocenters. The molecule has 0 rings (SSSR count). The van der Waals surface area contributed by atoms with Gasteiger partial charge in [-0.1, -0.05) is 0 Å². The van der Waals surface area contributed by atoms with Gasteiger partial charge in [0.1, 0.15) is 0 Å². The summed E-state index contributed by atoms with van der Waals surface area (Å²) in [5.41, 5.74) is -1.68. The maximum absolute atomic E-state index is 11.9. The van der Waals surface area contributed by atoms with Crippen LogP contribution < -0.4 is 0 Å². The average Bonchev–Trinajstić information content (AvgIpc) is 1.81. The molecule has 0 aromatic carbocycles. The van der Waals surface area contributed by atoms with Crippen LogP contribution in [-0.2, 0) is 9.53 Å². The number of methoxy groups -OCH3 is 1. The van der Waals surface area contributed by atoms with Crippen molar-refractivity contribution < 1.29 is 27.8 Å². The number of alkyl halides is 3. The predicted octanol–water partition coefficient (Wildman–Crippen LogP) is 1.82. The monoisotopic (exact) mass is 200 g/mol. The van der Waals surface area contributed by atoms with Crippen molar-refractivity contribution in [3.8, 4) is 0 Å². The minimum Gasteiger partial charge on any atom is -0.481 e. The summed E-state index contributed by atoms with van der Waals surface area (Å²) in [5.74, 6) is -1.31. The third kappa shape index (κ3) is 5.46. The van der Waals surface area contributed by atoms with Crippen molar-refractivity contribution in [1.29, 1.82) is 0 Å². The zero-order valence-corrected chi connectivity index (χ0v) is 7.31. The van der Waals surface area contributed by atoms with E-state index >= 15 is 0 Å². The summed E-state index contributed by atoms with van der Waals surface area (Å²) in [4.78, 5) is 10.2. The normalized spacial score (nSPS) is 16.7. The number of hydrogen-bond acceptors (Lipinski definition) is 2. The van der Waals surface area contributed by atoms with Crippen LogP contribution in [0.15, 0.2) is 0 Å². The van der Waals surface area contributed by atoms with Crippen LogP contribution in [0.3, 0.4) is 0 Å². The van der Waals surface area contributed by atoms with E-state index in [1.165, 1.54) is 0 Å². The van der Waals surface area contributed by atoms with E-state index in [4.69, 9.17) is 5.11 Å². The van der Waals surface area contributed by atoms with Gasteiger partial charge in [0, 0.05) is 7.11 Å². The minimum absolute atomic E-state index is 0.664. The molecule has 0 saturated carbocycles. The molecule has 6 heteroatoms. The molecule has 3 nitrogen and oxygen atoms in total. The Bertz CT molecular complexity index is 190. The molecule has 78 valence electrons. The molecular formula is C7H11F3O3. The summed E-state index contributed by atoms with van der Waals surface area (Å²) in [5, 5.41) is 8.33. The lowest BCUT2D eigenvalue weighted by Crippen LogP contribution is -2.36. The molecule has 0 amide bonds. The fraction of sp³-hybridized carbons (Fsp3) is 0.857. The van der Waals surface area contributed by atoms with Crippen LogP contribution in [0.1, 0.15) is 19.8 Å². The number of halogens is 3. The number of hydrogen-bond donors (Lipinski definition) is 1. The van der Waals surface area contributed by atoms with E-state index in [0.29, 0.717) is 0 Å². The lowest BCUT2D eigenvalue weighted by molar-refractivity contribution is -0.184. The molecule has 0 aliphatic heterocycles. The minimum atomic E-state index is -4.42. The summed E-state index contributed by atoms with van der Waals surface area (Å²) < 4.78 is 40.3. The largest absolute Gasteiger partial charge is 0.481 e. The molecule has 13 heavy (non-hydrogen) atoms. The van der Waals surface area contributed by atoms with E-state index in [9.17, 15) is 18.0 Å². The first kappa shape index (κ1) is 12.2. The Morgan fingerprint density at radius 2 is 1.92 bits per heavy atom. The second kappa shape index (κ2) is 3.95. The first-order valence-corrected chi connectivity index (χ1v) is 3.52. The second-order valence-electron chi connectivity index (χ2n) is 3.02. The van der Waals surface area contributed by atoms with Crippen molar-refractivity contribution in [2.75, 3.05) is 7.11 Å². The number of rotatable bonds is 4. The molecule has 0 aliphatic carbocycles. The highest BCUT2D eigenvalue weighted by molar-refractivity contribution is 5.68. The second-order valence-corrected chi connectivity index (χ2v) is 3.02. The van der Waals surface area contributed by atoms with Crippen LogP contribution in [0.2, 0.25) is 0 Å². The van der Waals surface area contributed by atoms with E-state index in [1.54, 1.807) is 0 Å². The summed E-state index contributed by atoms with van der Waals surface area (Å²) in [6.45, 7) is 1.12. The van der Waals surface area contributed by atoms with Crippen LogP contribution in [0, 0.1) is 0 Å². The fourth-order valence-electron chi connectivity index (χ4n) is 0.951. The van der Waals surface area contributed by atoms with Crippen LogP contribution in [0.25, 0.3) is 0 Å². The van der Waals surface area contributed by atoms with Crippen LogP contribution in [0.5, 0.6) is 0 Å². The highest BCUT2D eigenvalue weighted by atomic mass is 19.4. The molecule has 0 heterocycles. The van der Waals surface area contributed by atoms with Crippen molar-refractivity contribution in [3.63, 3.8) is 0 Å². The Balaban J connectivity index is 4.36. The van der Waals surface area contributed by atoms with E-state index in [2.05, 4.69) is 4.74 Å². The maximum atomic E-state index is 11.9. The van der Waals surface area contributed by atoms with Crippen molar-refractivity contribution in [2.24, 2.45) is 0 Å². The molecule has 0 fully saturated rings. The SMILES string of the molecule is COC(C)(CC(=O)O)CC(F)(F)F. The van der Waals surface area contributed by atoms with Crippen LogP contribution in [0.4, 0.5) is 13.2 Å². The highest BCUT2D eigenvalue weighted by Crippen LogP contribution is 2.31. The topological polar surface area (TPSA) is 46.5 Å². The van der Waals surface area contributed by atoms with Gasteiger partial charge in [0.15, 0.2) is 0 Å². The van der Waals surface area contributed by atoms with E-state index in [1.807, 2.05) is 0 Å². The molecule has 0 aliphatic rings. The number of ether oxygens (including phenoxy) is 1. The number of carbonyl (C=O) groups is 1. The molecule has 0 saturated heterocycles. The Morgan fingerprint density at radius 3 is 2.15 bits per heavy atom. The van der Waals surface area contributed by atoms with Crippen molar-refractivity contribution >= 4 is 5.97 Å². The van der Waals surface area contributed by atoms with Gasteiger partial charge < -0.3 is 9.84 Å². The molecule has 0 aromatic rings. The van der Waals surface area contributed by atoms with E-state index in [0.717, 1.165) is 14.0 Å². The smallest absolute Gasteiger partial charge is 0.391 e. The maximum Gasteiger partial charge on any atom is 0.391 e. The van der Waals surface area contributed by atoms with Gasteiger partial charge >= 0.3 is 12.1 Å². The van der Waals surface area contributed by atoms with Gasteiger partial charge in [-0.05, 0) is 6.92 Å². The summed E-state index contributed by atoms with van der Waals surface area (Å²) >= 11 is 0. The number of carboxylic acids is 1. The Kier molecular flexibility index (Phi) is 3.71. The van der Waals surface area contributed by atoms with E-state index < -0.39 is 30.6 Å². The summed E-state index contributed by atoms with van der Waals surface area (Å²) in [6, 6.07) is 0. The lowest BCUT2D eigenvalue weighted by Gasteiger charge is -2.27. The molecule has 0 aromatic heterocycles. The molecule has 1 N–H and O–H groups in total. The van der Waals surface area contributed by atoms with Crippen LogP contribution in [-0.4, -0.2) is 30.0 Å². The molecule has 0 radical (unpaired) electrons.